The standard InChI is InChI=1S/C20H28N4O3.C11H11NO5/c1-5-14-22-17(25)8-11-20(21-4,12-9-18(26)23-15-6-2)13-10-19(27)24-16-7-3;13-8-2-1-3-11(14)17-10-6-4-9(5-7-10)12(15)16/h1-3,21H,8-16H2,4H3,(H,22,25)(H,23,26)(H,24,27);4-8H,1-3H2. The number of non-ortho nitro benzene ring substituents is 1. The summed E-state index contributed by atoms with van der Waals surface area (Å²) >= 11 is 0. The summed E-state index contributed by atoms with van der Waals surface area (Å²) < 4.78 is 4.92. The highest BCUT2D eigenvalue weighted by Crippen LogP contribution is 2.25. The third kappa shape index (κ3) is 18.3. The molecule has 0 heterocycles. The Hall–Kier alpha value is -5.19. The molecule has 3 amide bonds. The molecule has 236 valence electrons. The first-order valence-corrected chi connectivity index (χ1v) is 13.7. The summed E-state index contributed by atoms with van der Waals surface area (Å²) in [6.07, 6.45) is 19.1. The predicted octanol–water partition coefficient (Wildman–Crippen LogP) is 1.40. The Labute approximate surface area is 257 Å². The molecule has 13 nitrogen and oxygen atoms in total. The summed E-state index contributed by atoms with van der Waals surface area (Å²) in [6, 6.07) is 5.23. The van der Waals surface area contributed by atoms with E-state index >= 15 is 0 Å². The SMILES string of the molecule is C#CCNC(=O)CCC(CCC(=O)NCC#C)(CCC(=O)NCC#C)NC.O=CCCCC(=O)Oc1ccc([N+](=O)[O-])cc1. The topological polar surface area (TPSA) is 186 Å². The van der Waals surface area contributed by atoms with E-state index in [9.17, 15) is 34.1 Å². The molecule has 0 aliphatic heterocycles. The molecule has 1 rings (SSSR count). The minimum absolute atomic E-state index is 0.0641. The van der Waals surface area contributed by atoms with Gasteiger partial charge in [-0.15, -0.1) is 19.3 Å². The lowest BCUT2D eigenvalue weighted by Gasteiger charge is -2.33. The zero-order chi connectivity index (χ0) is 33.2. The van der Waals surface area contributed by atoms with Crippen molar-refractivity contribution in [2.45, 2.75) is 63.3 Å². The second kappa shape index (κ2) is 23.4. The smallest absolute Gasteiger partial charge is 0.311 e. The molecule has 0 saturated carbocycles. The number of carbonyl (C=O) groups is 5. The molecular formula is C31H39N5O8. The lowest BCUT2D eigenvalue weighted by atomic mass is 9.83. The van der Waals surface area contributed by atoms with Crippen LogP contribution in [-0.4, -0.2) is 67.1 Å². The number of terminal acetylenes is 3. The van der Waals surface area contributed by atoms with Gasteiger partial charge in [-0.3, -0.25) is 29.3 Å². The molecule has 44 heavy (non-hydrogen) atoms. The van der Waals surface area contributed by atoms with Crippen molar-refractivity contribution in [3.8, 4) is 42.8 Å². The average Bonchev–Trinajstić information content (AvgIpc) is 3.02. The molecular weight excluding hydrogens is 570 g/mol. The van der Waals surface area contributed by atoms with Crippen molar-refractivity contribution in [2.75, 3.05) is 26.7 Å². The van der Waals surface area contributed by atoms with Crippen LogP contribution >= 0.6 is 0 Å². The maximum atomic E-state index is 11.9. The predicted molar refractivity (Wildman–Crippen MR) is 164 cm³/mol. The van der Waals surface area contributed by atoms with E-state index in [1.54, 1.807) is 7.05 Å². The number of amides is 3. The Bertz CT molecular complexity index is 1140. The number of hydrogen-bond acceptors (Lipinski definition) is 9. The van der Waals surface area contributed by atoms with Gasteiger partial charge in [0.05, 0.1) is 24.6 Å². The number of rotatable bonds is 19. The number of aldehydes is 1. The highest BCUT2D eigenvalue weighted by molar-refractivity contribution is 5.78. The van der Waals surface area contributed by atoms with Crippen LogP contribution in [0.1, 0.15) is 57.8 Å². The molecule has 0 radical (unpaired) electrons. The molecule has 0 aliphatic carbocycles. The van der Waals surface area contributed by atoms with Crippen molar-refractivity contribution in [2.24, 2.45) is 0 Å². The molecule has 1 aromatic carbocycles. The molecule has 0 bridgehead atoms. The molecule has 13 heteroatoms. The van der Waals surface area contributed by atoms with Gasteiger partial charge in [0, 0.05) is 49.8 Å². The summed E-state index contributed by atoms with van der Waals surface area (Å²) in [5.74, 6) is 6.29. The summed E-state index contributed by atoms with van der Waals surface area (Å²) in [5, 5.41) is 21.4. The van der Waals surface area contributed by atoms with Gasteiger partial charge in [0.2, 0.25) is 17.7 Å². The van der Waals surface area contributed by atoms with Crippen LogP contribution in [0.5, 0.6) is 5.75 Å². The molecule has 0 aliphatic rings. The molecule has 0 fully saturated rings. The first-order valence-electron chi connectivity index (χ1n) is 13.7. The van der Waals surface area contributed by atoms with E-state index in [0.29, 0.717) is 32.1 Å². The van der Waals surface area contributed by atoms with Gasteiger partial charge >= 0.3 is 5.97 Å². The van der Waals surface area contributed by atoms with E-state index in [2.05, 4.69) is 39.0 Å². The van der Waals surface area contributed by atoms with Gasteiger partial charge < -0.3 is 30.8 Å². The molecule has 0 saturated heterocycles. The monoisotopic (exact) mass is 609 g/mol. The van der Waals surface area contributed by atoms with Crippen LogP contribution in [0.4, 0.5) is 5.69 Å². The van der Waals surface area contributed by atoms with Gasteiger partial charge in [-0.25, -0.2) is 0 Å². The van der Waals surface area contributed by atoms with Gasteiger partial charge in [-0.2, -0.15) is 0 Å². The third-order valence-corrected chi connectivity index (χ3v) is 6.17. The quantitative estimate of drug-likeness (QED) is 0.0342. The molecule has 0 atom stereocenters. The largest absolute Gasteiger partial charge is 0.427 e. The van der Waals surface area contributed by atoms with Crippen LogP contribution in [0.25, 0.3) is 0 Å². The van der Waals surface area contributed by atoms with Crippen molar-refractivity contribution in [1.82, 2.24) is 21.3 Å². The lowest BCUT2D eigenvalue weighted by molar-refractivity contribution is -0.384. The number of ether oxygens (including phenoxy) is 1. The van der Waals surface area contributed by atoms with Crippen molar-refractivity contribution in [1.29, 1.82) is 0 Å². The normalized spacial score (nSPS) is 9.86. The van der Waals surface area contributed by atoms with E-state index < -0.39 is 16.4 Å². The molecule has 0 spiro atoms. The van der Waals surface area contributed by atoms with Gasteiger partial charge in [0.15, 0.2) is 0 Å². The molecule has 1 aromatic rings. The maximum Gasteiger partial charge on any atom is 0.311 e. The summed E-state index contributed by atoms with van der Waals surface area (Å²) in [7, 11) is 1.75. The summed E-state index contributed by atoms with van der Waals surface area (Å²) in [6.45, 7) is 0.483. The molecule has 4 N–H and O–H groups in total. The van der Waals surface area contributed by atoms with Crippen LogP contribution in [0.2, 0.25) is 0 Å². The highest BCUT2D eigenvalue weighted by Gasteiger charge is 2.30. The Balaban J connectivity index is 0.000000928. The van der Waals surface area contributed by atoms with E-state index in [1.165, 1.54) is 24.3 Å². The number of nitrogens with one attached hydrogen (secondary N) is 4. The first kappa shape index (κ1) is 38.8. The Morgan fingerprint density at radius 3 is 1.61 bits per heavy atom. The second-order valence-electron chi connectivity index (χ2n) is 9.26. The first-order chi connectivity index (χ1) is 21.1. The highest BCUT2D eigenvalue weighted by atomic mass is 16.6. The van der Waals surface area contributed by atoms with E-state index in [0.717, 1.165) is 6.29 Å². The Morgan fingerprint density at radius 2 is 1.27 bits per heavy atom. The fraction of sp³-hybridized carbons (Fsp3) is 0.452. The van der Waals surface area contributed by atoms with Crippen molar-refractivity contribution in [3.05, 3.63) is 34.4 Å². The zero-order valence-corrected chi connectivity index (χ0v) is 24.8. The number of esters is 1. The van der Waals surface area contributed by atoms with E-state index in [1.807, 2.05) is 0 Å². The van der Waals surface area contributed by atoms with Gasteiger partial charge in [0.25, 0.3) is 5.69 Å². The van der Waals surface area contributed by atoms with E-state index in [-0.39, 0.29) is 74.5 Å². The fourth-order valence-electron chi connectivity index (χ4n) is 3.67. The number of benzene rings is 1. The van der Waals surface area contributed by atoms with Crippen molar-refractivity contribution >= 4 is 35.7 Å². The number of hydrogen-bond donors (Lipinski definition) is 4. The van der Waals surface area contributed by atoms with Gasteiger partial charge in [0.1, 0.15) is 12.0 Å². The summed E-state index contributed by atoms with van der Waals surface area (Å²) in [5.41, 5.74) is -0.625. The molecule has 0 aromatic heterocycles. The van der Waals surface area contributed by atoms with E-state index in [4.69, 9.17) is 24.0 Å². The lowest BCUT2D eigenvalue weighted by Crippen LogP contribution is -2.46. The third-order valence-electron chi connectivity index (χ3n) is 6.17. The zero-order valence-electron chi connectivity index (χ0n) is 24.8. The van der Waals surface area contributed by atoms with Crippen LogP contribution in [0, 0.1) is 47.1 Å². The van der Waals surface area contributed by atoms with Gasteiger partial charge in [-0.05, 0) is 44.9 Å². The number of nitro benzene ring substituents is 1. The fourth-order valence-corrected chi connectivity index (χ4v) is 3.67. The second-order valence-corrected chi connectivity index (χ2v) is 9.26. The number of nitrogens with zero attached hydrogens (tertiary/aromatic N) is 1. The van der Waals surface area contributed by atoms with Crippen molar-refractivity contribution in [3.63, 3.8) is 0 Å². The van der Waals surface area contributed by atoms with Crippen LogP contribution in [0.3, 0.4) is 0 Å². The van der Waals surface area contributed by atoms with Crippen molar-refractivity contribution < 1.29 is 33.6 Å². The summed E-state index contributed by atoms with van der Waals surface area (Å²) in [4.78, 5) is 66.8. The average molecular weight is 610 g/mol. The number of nitro groups is 1. The molecule has 0 unspecified atom stereocenters. The van der Waals surface area contributed by atoms with Crippen LogP contribution in [0.15, 0.2) is 24.3 Å². The maximum absolute atomic E-state index is 11.9. The Morgan fingerprint density at radius 1 is 0.841 bits per heavy atom. The number of carbonyl (C=O) groups excluding carboxylic acids is 5. The number of unbranched alkanes of at least 4 members (excludes halogenated alkanes) is 1. The van der Waals surface area contributed by atoms with Gasteiger partial charge in [-0.1, -0.05) is 17.8 Å². The van der Waals surface area contributed by atoms with Crippen LogP contribution < -0.4 is 26.0 Å². The Kier molecular flexibility index (Phi) is 20.6. The van der Waals surface area contributed by atoms with Crippen LogP contribution in [-0.2, 0) is 24.0 Å². The minimum atomic E-state index is -0.561. The minimum Gasteiger partial charge on any atom is -0.427 e.